The quantitative estimate of drug-likeness (QED) is 0.438. The van der Waals surface area contributed by atoms with E-state index in [1.54, 1.807) is 16.2 Å². The Morgan fingerprint density at radius 2 is 1.97 bits per heavy atom. The molecule has 4 rings (SSSR count). The van der Waals surface area contributed by atoms with Crippen molar-refractivity contribution in [2.75, 3.05) is 30.0 Å². The molecule has 1 amide bonds. The number of ether oxygens (including phenoxy) is 1. The number of benzene rings is 2. The number of amides is 1. The summed E-state index contributed by atoms with van der Waals surface area (Å²) in [5.74, 6) is -0.110. The van der Waals surface area contributed by atoms with Crippen molar-refractivity contribution in [3.63, 3.8) is 0 Å². The van der Waals surface area contributed by atoms with Gasteiger partial charge in [0.1, 0.15) is 5.00 Å². The van der Waals surface area contributed by atoms with Crippen molar-refractivity contribution in [2.45, 2.75) is 13.0 Å². The number of anilines is 2. The van der Waals surface area contributed by atoms with Gasteiger partial charge in [0.15, 0.2) is 5.75 Å². The van der Waals surface area contributed by atoms with Crippen molar-refractivity contribution in [3.05, 3.63) is 81.2 Å². The van der Waals surface area contributed by atoms with Gasteiger partial charge in [-0.2, -0.15) is 0 Å². The fourth-order valence-corrected chi connectivity index (χ4v) is 4.59. The predicted molar refractivity (Wildman–Crippen MR) is 118 cm³/mol. The Labute approximate surface area is 178 Å². The molecule has 7 nitrogen and oxygen atoms in total. The van der Waals surface area contributed by atoms with Crippen LogP contribution in [0.15, 0.2) is 60.0 Å². The molecule has 0 saturated carbocycles. The number of nitro groups is 1. The number of thiophene rings is 1. The van der Waals surface area contributed by atoms with Crippen LogP contribution in [0.1, 0.15) is 22.3 Å². The number of carbonyl (C=O) groups excluding carboxylic acids is 1. The number of fused-ring (bicyclic) bond motifs is 1. The van der Waals surface area contributed by atoms with Crippen molar-refractivity contribution in [3.8, 4) is 5.75 Å². The smallest absolute Gasteiger partial charge is 0.310 e. The summed E-state index contributed by atoms with van der Waals surface area (Å²) in [5, 5.41) is 14.2. The number of nitro benzene ring substituents is 1. The van der Waals surface area contributed by atoms with Gasteiger partial charge in [-0.3, -0.25) is 14.9 Å². The first kappa shape index (κ1) is 19.9. The van der Waals surface area contributed by atoms with Gasteiger partial charge in [-0.1, -0.05) is 30.3 Å². The Bertz CT molecular complexity index is 1070. The molecule has 0 N–H and O–H groups in total. The number of hydrogen-bond donors (Lipinski definition) is 0. The normalized spacial score (nSPS) is 13.5. The zero-order valence-corrected chi connectivity index (χ0v) is 17.3. The highest BCUT2D eigenvalue weighted by molar-refractivity contribution is 7.15. The molecule has 0 unspecified atom stereocenters. The van der Waals surface area contributed by atoms with Crippen LogP contribution in [-0.2, 0) is 6.54 Å². The Hall–Kier alpha value is -3.39. The molecule has 30 heavy (non-hydrogen) atoms. The molecule has 2 heterocycles. The van der Waals surface area contributed by atoms with Crippen molar-refractivity contribution in [1.82, 2.24) is 0 Å². The molecule has 0 radical (unpaired) electrons. The number of nitrogens with zero attached hydrogens (tertiary/aromatic N) is 3. The molecule has 0 fully saturated rings. The molecule has 2 aromatic carbocycles. The van der Waals surface area contributed by atoms with Crippen molar-refractivity contribution < 1.29 is 14.5 Å². The van der Waals surface area contributed by atoms with Gasteiger partial charge in [-0.05, 0) is 29.5 Å². The van der Waals surface area contributed by atoms with Crippen LogP contribution in [0.25, 0.3) is 0 Å². The number of carbonyl (C=O) groups is 1. The number of rotatable bonds is 5. The average Bonchev–Trinajstić information content (AvgIpc) is 3.18. The minimum Gasteiger partial charge on any atom is -0.490 e. The second-order valence-corrected chi connectivity index (χ2v) is 7.87. The van der Waals surface area contributed by atoms with E-state index < -0.39 is 4.92 Å². The second-order valence-electron chi connectivity index (χ2n) is 6.97. The molecule has 1 aliphatic rings. The maximum atomic E-state index is 13.3. The third kappa shape index (κ3) is 3.86. The molecular formula is C22H21N3O4S. The SMILES string of the molecule is COc1cc(C(=O)N2CCCN(Cc3ccccc3)c3sccc32)ccc1[N+](=O)[O-]. The van der Waals surface area contributed by atoms with E-state index >= 15 is 0 Å². The molecule has 3 aromatic rings. The maximum Gasteiger partial charge on any atom is 0.310 e. The summed E-state index contributed by atoms with van der Waals surface area (Å²) in [6, 6.07) is 16.5. The molecule has 0 bridgehead atoms. The Balaban J connectivity index is 1.63. The lowest BCUT2D eigenvalue weighted by molar-refractivity contribution is -0.385. The van der Waals surface area contributed by atoms with Crippen molar-refractivity contribution in [1.29, 1.82) is 0 Å². The van der Waals surface area contributed by atoms with Crippen LogP contribution in [0.2, 0.25) is 0 Å². The van der Waals surface area contributed by atoms with Crippen LogP contribution < -0.4 is 14.5 Å². The highest BCUT2D eigenvalue weighted by Gasteiger charge is 2.28. The zero-order valence-electron chi connectivity index (χ0n) is 16.5. The van der Waals surface area contributed by atoms with E-state index in [1.165, 1.54) is 30.9 Å². The van der Waals surface area contributed by atoms with Gasteiger partial charge in [0.25, 0.3) is 5.91 Å². The minimum atomic E-state index is -0.516. The summed E-state index contributed by atoms with van der Waals surface area (Å²) in [6.07, 6.45) is 0.824. The largest absolute Gasteiger partial charge is 0.490 e. The monoisotopic (exact) mass is 423 g/mol. The Kier molecular flexibility index (Phi) is 5.67. The fraction of sp³-hybridized carbons (Fsp3) is 0.227. The summed E-state index contributed by atoms with van der Waals surface area (Å²) in [6.45, 7) is 2.20. The standard InChI is InChI=1S/C22H21N3O4S/c1-29-20-14-17(8-9-18(20)25(27)28)21(26)24-12-5-11-23(22-19(24)10-13-30-22)15-16-6-3-2-4-7-16/h2-4,6-10,13-14H,5,11-12,15H2,1H3. The van der Waals surface area contributed by atoms with E-state index in [4.69, 9.17) is 4.74 Å². The second kappa shape index (κ2) is 8.54. The van der Waals surface area contributed by atoms with Crippen LogP contribution in [0.3, 0.4) is 0 Å². The van der Waals surface area contributed by atoms with Gasteiger partial charge in [-0.15, -0.1) is 11.3 Å². The van der Waals surface area contributed by atoms with Crippen LogP contribution in [0.4, 0.5) is 16.4 Å². The Morgan fingerprint density at radius 3 is 2.70 bits per heavy atom. The molecule has 1 aliphatic heterocycles. The molecular weight excluding hydrogens is 402 g/mol. The first-order chi connectivity index (χ1) is 14.6. The van der Waals surface area contributed by atoms with Gasteiger partial charge < -0.3 is 14.5 Å². The molecule has 0 aliphatic carbocycles. The lowest BCUT2D eigenvalue weighted by Crippen LogP contribution is -2.31. The summed E-state index contributed by atoms with van der Waals surface area (Å²) in [5.41, 5.74) is 2.30. The van der Waals surface area contributed by atoms with Gasteiger partial charge >= 0.3 is 5.69 Å². The van der Waals surface area contributed by atoms with E-state index in [0.29, 0.717) is 12.1 Å². The van der Waals surface area contributed by atoms with Gasteiger partial charge in [0.2, 0.25) is 0 Å². The molecule has 8 heteroatoms. The van der Waals surface area contributed by atoms with Crippen LogP contribution in [0.5, 0.6) is 5.75 Å². The summed E-state index contributed by atoms with van der Waals surface area (Å²) in [4.78, 5) is 28.0. The average molecular weight is 423 g/mol. The Morgan fingerprint density at radius 1 is 1.17 bits per heavy atom. The third-order valence-electron chi connectivity index (χ3n) is 5.10. The van der Waals surface area contributed by atoms with E-state index in [0.717, 1.165) is 30.2 Å². The van der Waals surface area contributed by atoms with Gasteiger partial charge in [-0.25, -0.2) is 0 Å². The summed E-state index contributed by atoms with van der Waals surface area (Å²) < 4.78 is 5.13. The highest BCUT2D eigenvalue weighted by Crippen LogP contribution is 2.39. The molecule has 154 valence electrons. The van der Waals surface area contributed by atoms with Gasteiger partial charge in [0.05, 0.1) is 17.7 Å². The number of hydrogen-bond acceptors (Lipinski definition) is 6. The molecule has 0 atom stereocenters. The first-order valence-electron chi connectivity index (χ1n) is 9.59. The van der Waals surface area contributed by atoms with E-state index in [9.17, 15) is 14.9 Å². The highest BCUT2D eigenvalue weighted by atomic mass is 32.1. The van der Waals surface area contributed by atoms with Crippen molar-refractivity contribution in [2.24, 2.45) is 0 Å². The predicted octanol–water partition coefficient (Wildman–Crippen LogP) is 4.72. The van der Waals surface area contributed by atoms with Crippen LogP contribution >= 0.6 is 11.3 Å². The van der Waals surface area contributed by atoms with Gasteiger partial charge in [0, 0.05) is 37.3 Å². The fourth-order valence-electron chi connectivity index (χ4n) is 3.66. The van der Waals surface area contributed by atoms with Crippen LogP contribution in [0, 0.1) is 10.1 Å². The van der Waals surface area contributed by atoms with E-state index in [-0.39, 0.29) is 17.3 Å². The number of methoxy groups -OCH3 is 1. The third-order valence-corrected chi connectivity index (χ3v) is 6.06. The van der Waals surface area contributed by atoms with Crippen LogP contribution in [-0.4, -0.2) is 31.0 Å². The first-order valence-corrected chi connectivity index (χ1v) is 10.5. The lowest BCUT2D eigenvalue weighted by Gasteiger charge is -2.24. The topological polar surface area (TPSA) is 75.9 Å². The molecule has 0 saturated heterocycles. The summed E-state index contributed by atoms with van der Waals surface area (Å²) >= 11 is 1.61. The molecule has 1 aromatic heterocycles. The van der Waals surface area contributed by atoms with E-state index in [2.05, 4.69) is 17.0 Å². The summed E-state index contributed by atoms with van der Waals surface area (Å²) in [7, 11) is 1.36. The lowest BCUT2D eigenvalue weighted by atomic mass is 10.1. The molecule has 0 spiro atoms. The van der Waals surface area contributed by atoms with E-state index in [1.807, 2.05) is 29.6 Å². The zero-order chi connectivity index (χ0) is 21.1. The minimum absolute atomic E-state index is 0.0805. The van der Waals surface area contributed by atoms with Crippen molar-refractivity contribution >= 4 is 33.6 Å². The maximum absolute atomic E-state index is 13.3.